The predicted molar refractivity (Wildman–Crippen MR) is 129 cm³/mol. The number of carbonyl (C=O) groups is 2. The SMILES string of the molecule is O=C(O)/C=C\C(=O)O.OCCCN1CCN(C(c2cccc(Cl)c2)c2ccccc2Cl)CC1. The summed E-state index contributed by atoms with van der Waals surface area (Å²) in [4.78, 5) is 24.0. The molecule has 0 amide bonds. The molecule has 1 unspecified atom stereocenters. The molecule has 3 N–H and O–H groups in total. The van der Waals surface area contributed by atoms with E-state index in [-0.39, 0.29) is 12.6 Å². The number of aliphatic hydroxyl groups is 1. The fourth-order valence-corrected chi connectivity index (χ4v) is 4.08. The number of carboxylic acids is 2. The zero-order chi connectivity index (χ0) is 24.2. The number of carboxylic acid groups (broad SMARTS) is 2. The van der Waals surface area contributed by atoms with Gasteiger partial charge in [-0.1, -0.05) is 53.5 Å². The van der Waals surface area contributed by atoms with Gasteiger partial charge in [-0.3, -0.25) is 4.90 Å². The predicted octanol–water partition coefficient (Wildman–Crippen LogP) is 3.79. The Hall–Kier alpha value is -2.42. The Bertz CT molecular complexity index is 930. The van der Waals surface area contributed by atoms with Gasteiger partial charge in [0.15, 0.2) is 0 Å². The molecule has 1 aliphatic rings. The fraction of sp³-hybridized carbons (Fsp3) is 0.333. The van der Waals surface area contributed by atoms with E-state index >= 15 is 0 Å². The van der Waals surface area contributed by atoms with Gasteiger partial charge < -0.3 is 20.2 Å². The molecule has 0 radical (unpaired) electrons. The van der Waals surface area contributed by atoms with E-state index in [0.717, 1.165) is 54.8 Å². The van der Waals surface area contributed by atoms with Crippen LogP contribution in [0.4, 0.5) is 0 Å². The minimum absolute atomic E-state index is 0.104. The molecule has 3 rings (SSSR count). The third-order valence-electron chi connectivity index (χ3n) is 5.14. The lowest BCUT2D eigenvalue weighted by molar-refractivity contribution is -0.134. The molecule has 2 aromatic rings. The summed E-state index contributed by atoms with van der Waals surface area (Å²) in [5.74, 6) is -2.51. The first-order valence-corrected chi connectivity index (χ1v) is 11.3. The fourth-order valence-electron chi connectivity index (χ4n) is 3.64. The summed E-state index contributed by atoms with van der Waals surface area (Å²) in [5, 5.41) is 26.2. The zero-order valence-electron chi connectivity index (χ0n) is 18.1. The van der Waals surface area contributed by atoms with Crippen molar-refractivity contribution in [2.24, 2.45) is 0 Å². The summed E-state index contributed by atoms with van der Waals surface area (Å²) >= 11 is 12.8. The van der Waals surface area contributed by atoms with Gasteiger partial charge in [-0.25, -0.2) is 9.59 Å². The molecular formula is C24H28Cl2N2O5. The van der Waals surface area contributed by atoms with E-state index in [9.17, 15) is 9.59 Å². The molecule has 2 aromatic carbocycles. The van der Waals surface area contributed by atoms with Crippen LogP contribution >= 0.6 is 23.2 Å². The lowest BCUT2D eigenvalue weighted by atomic mass is 9.96. The van der Waals surface area contributed by atoms with E-state index < -0.39 is 11.9 Å². The summed E-state index contributed by atoms with van der Waals surface area (Å²) in [7, 11) is 0. The molecule has 0 bridgehead atoms. The van der Waals surface area contributed by atoms with Crippen LogP contribution in [-0.2, 0) is 9.59 Å². The minimum Gasteiger partial charge on any atom is -0.478 e. The second-order valence-corrected chi connectivity index (χ2v) is 8.29. The van der Waals surface area contributed by atoms with Crippen molar-refractivity contribution in [3.05, 3.63) is 81.9 Å². The second kappa shape index (κ2) is 14.0. The molecule has 0 aliphatic carbocycles. The van der Waals surface area contributed by atoms with Crippen LogP contribution in [0.5, 0.6) is 0 Å². The molecule has 7 nitrogen and oxygen atoms in total. The topological polar surface area (TPSA) is 101 Å². The molecule has 0 saturated carbocycles. The first-order chi connectivity index (χ1) is 15.8. The van der Waals surface area contributed by atoms with Crippen molar-refractivity contribution in [2.45, 2.75) is 12.5 Å². The van der Waals surface area contributed by atoms with Crippen molar-refractivity contribution >= 4 is 35.1 Å². The Kier molecular flexibility index (Phi) is 11.4. The van der Waals surface area contributed by atoms with Crippen LogP contribution in [0.2, 0.25) is 10.0 Å². The van der Waals surface area contributed by atoms with E-state index in [1.54, 1.807) is 0 Å². The van der Waals surface area contributed by atoms with Crippen LogP contribution in [0.25, 0.3) is 0 Å². The number of benzene rings is 2. The molecule has 1 aliphatic heterocycles. The van der Waals surface area contributed by atoms with Crippen molar-refractivity contribution in [3.63, 3.8) is 0 Å². The highest BCUT2D eigenvalue weighted by atomic mass is 35.5. The van der Waals surface area contributed by atoms with Gasteiger partial charge in [0.1, 0.15) is 0 Å². The molecule has 1 heterocycles. The van der Waals surface area contributed by atoms with Crippen molar-refractivity contribution in [1.29, 1.82) is 0 Å². The van der Waals surface area contributed by atoms with Gasteiger partial charge in [-0.2, -0.15) is 0 Å². The minimum atomic E-state index is -1.26. The maximum atomic E-state index is 9.55. The monoisotopic (exact) mass is 494 g/mol. The van der Waals surface area contributed by atoms with Gasteiger partial charge in [-0.15, -0.1) is 0 Å². The second-order valence-electron chi connectivity index (χ2n) is 7.44. The maximum absolute atomic E-state index is 9.55. The Balaban J connectivity index is 0.000000414. The van der Waals surface area contributed by atoms with Crippen molar-refractivity contribution < 1.29 is 24.9 Å². The maximum Gasteiger partial charge on any atom is 0.328 e. The van der Waals surface area contributed by atoms with Crippen molar-refractivity contribution in [2.75, 3.05) is 39.3 Å². The smallest absolute Gasteiger partial charge is 0.328 e. The van der Waals surface area contributed by atoms with Crippen LogP contribution in [0, 0.1) is 0 Å². The molecule has 9 heteroatoms. The number of aliphatic hydroxyl groups excluding tert-OH is 1. The first kappa shape index (κ1) is 26.8. The quantitative estimate of drug-likeness (QED) is 0.479. The molecular weight excluding hydrogens is 467 g/mol. The van der Waals surface area contributed by atoms with Gasteiger partial charge in [0.05, 0.1) is 6.04 Å². The van der Waals surface area contributed by atoms with Gasteiger partial charge >= 0.3 is 11.9 Å². The van der Waals surface area contributed by atoms with Crippen LogP contribution < -0.4 is 0 Å². The Morgan fingerprint density at radius 3 is 2.12 bits per heavy atom. The molecule has 1 atom stereocenters. The zero-order valence-corrected chi connectivity index (χ0v) is 19.6. The first-order valence-electron chi connectivity index (χ1n) is 10.5. The Morgan fingerprint density at radius 2 is 1.58 bits per heavy atom. The Labute approximate surface area is 203 Å². The summed E-state index contributed by atoms with van der Waals surface area (Å²) in [6.07, 6.45) is 1.95. The summed E-state index contributed by atoms with van der Waals surface area (Å²) in [6, 6.07) is 16.2. The van der Waals surface area contributed by atoms with E-state index in [1.807, 2.05) is 36.4 Å². The Morgan fingerprint density at radius 1 is 0.939 bits per heavy atom. The van der Waals surface area contributed by atoms with E-state index in [2.05, 4.69) is 21.9 Å². The summed E-state index contributed by atoms with van der Waals surface area (Å²) in [5.41, 5.74) is 2.29. The normalized spacial score (nSPS) is 15.6. The number of piperazine rings is 1. The highest BCUT2D eigenvalue weighted by Gasteiger charge is 2.27. The third-order valence-corrected chi connectivity index (χ3v) is 5.72. The number of hydrogen-bond acceptors (Lipinski definition) is 5. The highest BCUT2D eigenvalue weighted by molar-refractivity contribution is 6.31. The van der Waals surface area contributed by atoms with Crippen LogP contribution in [0.3, 0.4) is 0 Å². The molecule has 1 saturated heterocycles. The summed E-state index contributed by atoms with van der Waals surface area (Å²) < 4.78 is 0. The number of nitrogens with zero attached hydrogens (tertiary/aromatic N) is 2. The van der Waals surface area contributed by atoms with Crippen LogP contribution in [0.15, 0.2) is 60.7 Å². The van der Waals surface area contributed by atoms with Gasteiger partial charge in [0.2, 0.25) is 0 Å². The van der Waals surface area contributed by atoms with E-state index in [0.29, 0.717) is 12.2 Å². The molecule has 0 aromatic heterocycles. The third kappa shape index (κ3) is 9.15. The van der Waals surface area contributed by atoms with Gasteiger partial charge in [-0.05, 0) is 35.7 Å². The number of halogens is 2. The molecule has 1 fully saturated rings. The lowest BCUT2D eigenvalue weighted by Gasteiger charge is -2.40. The standard InChI is InChI=1S/C20H24Cl2N2O.C4H4O4/c21-17-6-3-5-16(15-17)20(18-7-1-2-8-19(18)22)24-12-10-23(11-13-24)9-4-14-25;5-3(6)1-2-4(7)8/h1-3,5-8,15,20,25H,4,9-14H2;1-2H,(H,5,6)(H,7,8)/b;2-1-. The van der Waals surface area contributed by atoms with E-state index in [1.165, 1.54) is 5.56 Å². The average Bonchev–Trinajstić information content (AvgIpc) is 2.79. The largest absolute Gasteiger partial charge is 0.478 e. The average molecular weight is 495 g/mol. The number of aliphatic carboxylic acids is 2. The van der Waals surface area contributed by atoms with E-state index in [4.69, 9.17) is 38.5 Å². The molecule has 178 valence electrons. The van der Waals surface area contributed by atoms with Gasteiger partial charge in [0.25, 0.3) is 0 Å². The van der Waals surface area contributed by atoms with Crippen LogP contribution in [-0.4, -0.2) is 76.4 Å². The van der Waals surface area contributed by atoms with Gasteiger partial charge in [0, 0.05) is 61.5 Å². The number of hydrogen-bond donors (Lipinski definition) is 3. The number of rotatable bonds is 8. The van der Waals surface area contributed by atoms with Crippen LogP contribution in [0.1, 0.15) is 23.6 Å². The lowest BCUT2D eigenvalue weighted by Crippen LogP contribution is -2.48. The van der Waals surface area contributed by atoms with Crippen molar-refractivity contribution in [3.8, 4) is 0 Å². The summed E-state index contributed by atoms with van der Waals surface area (Å²) in [6.45, 7) is 5.15. The molecule has 0 spiro atoms. The highest BCUT2D eigenvalue weighted by Crippen LogP contribution is 2.34. The van der Waals surface area contributed by atoms with Crippen molar-refractivity contribution in [1.82, 2.24) is 9.80 Å². The molecule has 33 heavy (non-hydrogen) atoms.